The highest BCUT2D eigenvalue weighted by Gasteiger charge is 2.51. The van der Waals surface area contributed by atoms with Gasteiger partial charge >= 0.3 is 5.97 Å². The van der Waals surface area contributed by atoms with Gasteiger partial charge in [0, 0.05) is 0 Å². The highest BCUT2D eigenvalue weighted by atomic mass is 32.1. The maximum Gasteiger partial charge on any atom is 0.338 e. The molecule has 5 atom stereocenters. The Balaban J connectivity index is 1.40. The first-order valence-corrected chi connectivity index (χ1v) is 16.8. The summed E-state index contributed by atoms with van der Waals surface area (Å²) in [4.78, 5) is 13.8. The van der Waals surface area contributed by atoms with E-state index in [1.54, 1.807) is 25.1 Å². The van der Waals surface area contributed by atoms with Gasteiger partial charge in [-0.2, -0.15) is 0 Å². The first-order chi connectivity index (χ1) is 24.0. The van der Waals surface area contributed by atoms with Gasteiger partial charge in [0.05, 0.1) is 50.3 Å². The molecule has 1 fully saturated rings. The van der Waals surface area contributed by atoms with Crippen LogP contribution in [0, 0.1) is 0 Å². The minimum Gasteiger partial charge on any atom is -0.508 e. The predicted octanol–water partition coefficient (Wildman–Crippen LogP) is 5.88. The molecule has 0 spiro atoms. The summed E-state index contributed by atoms with van der Waals surface area (Å²) in [6.07, 6.45) is -2.68. The first-order valence-electron chi connectivity index (χ1n) is 16.4. The Hall–Kier alpha value is -4.58. The molecule has 2 aliphatic heterocycles. The molecule has 0 amide bonds. The normalized spacial score (nSPS) is 22.0. The molecule has 6 rings (SSSR count). The second-order valence-corrected chi connectivity index (χ2v) is 12.2. The van der Waals surface area contributed by atoms with Crippen molar-refractivity contribution in [2.75, 3.05) is 13.2 Å². The van der Waals surface area contributed by atoms with Gasteiger partial charge in [-0.05, 0) is 53.5 Å². The molecule has 2 aliphatic rings. The number of phenolic OH excluding ortho intramolecular Hbond substituents is 1. The summed E-state index contributed by atoms with van der Waals surface area (Å²) >= 11 is 5.69. The van der Waals surface area contributed by atoms with E-state index in [1.807, 2.05) is 97.1 Å². The molecule has 254 valence electrons. The second kappa shape index (κ2) is 16.7. The van der Waals surface area contributed by atoms with Crippen molar-refractivity contribution in [1.82, 2.24) is 10.6 Å². The maximum atomic E-state index is 13.8. The number of aromatic hydroxyl groups is 1. The summed E-state index contributed by atoms with van der Waals surface area (Å²) in [6, 6.07) is 35.6. The monoisotopic (exact) mass is 680 g/mol. The van der Waals surface area contributed by atoms with Crippen LogP contribution in [0.25, 0.3) is 0 Å². The Morgan fingerprint density at radius 3 is 1.98 bits per heavy atom. The summed E-state index contributed by atoms with van der Waals surface area (Å²) in [5, 5.41) is 17.0. The van der Waals surface area contributed by atoms with Gasteiger partial charge in [-0.3, -0.25) is 0 Å². The average Bonchev–Trinajstić information content (AvgIpc) is 3.47. The summed E-state index contributed by atoms with van der Waals surface area (Å²) in [7, 11) is 0. The third kappa shape index (κ3) is 8.72. The third-order valence-corrected chi connectivity index (χ3v) is 8.58. The zero-order valence-electron chi connectivity index (χ0n) is 27.2. The van der Waals surface area contributed by atoms with E-state index in [2.05, 4.69) is 10.6 Å². The van der Waals surface area contributed by atoms with Crippen LogP contribution in [0.5, 0.6) is 5.75 Å². The smallest absolute Gasteiger partial charge is 0.338 e. The Morgan fingerprint density at radius 1 is 0.796 bits per heavy atom. The number of nitrogens with one attached hydrogen (secondary N) is 2. The lowest BCUT2D eigenvalue weighted by molar-refractivity contribution is -0.139. The number of thiocarbonyl (C=S) groups is 1. The summed E-state index contributed by atoms with van der Waals surface area (Å²) in [5.74, 6) is -0.496. The average molecular weight is 681 g/mol. The number of phenols is 1. The van der Waals surface area contributed by atoms with Crippen LogP contribution in [0.2, 0.25) is 0 Å². The number of esters is 1. The van der Waals surface area contributed by atoms with E-state index >= 15 is 0 Å². The van der Waals surface area contributed by atoms with Crippen molar-refractivity contribution < 1.29 is 33.6 Å². The minimum atomic E-state index is -0.825. The predicted molar refractivity (Wildman–Crippen MR) is 188 cm³/mol. The van der Waals surface area contributed by atoms with Crippen molar-refractivity contribution >= 4 is 23.3 Å². The van der Waals surface area contributed by atoms with E-state index in [0.717, 1.165) is 16.7 Å². The van der Waals surface area contributed by atoms with Crippen LogP contribution < -0.4 is 10.6 Å². The number of carbonyl (C=O) groups is 1. The lowest BCUT2D eigenvalue weighted by Gasteiger charge is -2.34. The standard InChI is InChI=1S/C39H40N2O7S/c1-2-45-38(43)32-33(29-19-12-20-30(42)21-29)40-39(49)41-34(32)36-37(47-24-28-17-10-5-11-18-28)35(46-23-27-15-8-4-9-16-27)31(48-36)25-44-22-26-13-6-3-7-14-26/h3-21,31,33,35-37,42H,2,22-25H2,1H3,(H2,40,41,49)/t31-,33+,35-,36+,37-/m1/s1. The minimum absolute atomic E-state index is 0.0553. The third-order valence-electron chi connectivity index (χ3n) is 8.36. The molecule has 0 radical (unpaired) electrons. The SMILES string of the molecule is CCOC(=O)C1=C([C@@H]2O[C@H](COCc3ccccc3)[C@@H](OCc3ccccc3)[C@H]2OCc2ccccc2)NC(=S)N[C@H]1c1cccc(O)c1. The highest BCUT2D eigenvalue weighted by molar-refractivity contribution is 7.80. The second-order valence-electron chi connectivity index (χ2n) is 11.8. The van der Waals surface area contributed by atoms with E-state index in [9.17, 15) is 9.90 Å². The molecule has 4 aromatic carbocycles. The fourth-order valence-electron chi connectivity index (χ4n) is 6.08. The van der Waals surface area contributed by atoms with Crippen LogP contribution in [0.4, 0.5) is 0 Å². The summed E-state index contributed by atoms with van der Waals surface area (Å²) in [5.41, 5.74) is 4.30. The van der Waals surface area contributed by atoms with Crippen LogP contribution in [0.1, 0.15) is 35.2 Å². The fraction of sp³-hybridized carbons (Fsp3) is 0.282. The molecule has 0 aromatic heterocycles. The van der Waals surface area contributed by atoms with Crippen molar-refractivity contribution in [3.05, 3.63) is 149 Å². The van der Waals surface area contributed by atoms with Crippen LogP contribution in [0.3, 0.4) is 0 Å². The largest absolute Gasteiger partial charge is 0.508 e. The number of benzene rings is 4. The number of ether oxygens (including phenoxy) is 5. The van der Waals surface area contributed by atoms with Crippen molar-refractivity contribution in [3.8, 4) is 5.75 Å². The highest BCUT2D eigenvalue weighted by Crippen LogP contribution is 2.38. The van der Waals surface area contributed by atoms with Gasteiger partial charge in [0.1, 0.15) is 30.2 Å². The van der Waals surface area contributed by atoms with E-state index in [1.165, 1.54) is 0 Å². The van der Waals surface area contributed by atoms with Crippen LogP contribution in [0.15, 0.2) is 127 Å². The van der Waals surface area contributed by atoms with Gasteiger partial charge in [-0.1, -0.05) is 103 Å². The first kappa shape index (κ1) is 34.3. The van der Waals surface area contributed by atoms with Crippen molar-refractivity contribution in [2.24, 2.45) is 0 Å². The molecule has 2 heterocycles. The van der Waals surface area contributed by atoms with Gasteiger partial charge in [0.25, 0.3) is 0 Å². The van der Waals surface area contributed by atoms with Crippen LogP contribution >= 0.6 is 12.2 Å². The van der Waals surface area contributed by atoms with E-state index in [4.69, 9.17) is 35.9 Å². The van der Waals surface area contributed by atoms with Crippen LogP contribution in [-0.2, 0) is 48.3 Å². The van der Waals surface area contributed by atoms with Gasteiger partial charge in [-0.15, -0.1) is 0 Å². The molecule has 49 heavy (non-hydrogen) atoms. The number of hydrogen-bond acceptors (Lipinski definition) is 8. The molecule has 0 aliphatic carbocycles. The Bertz CT molecular complexity index is 1720. The summed E-state index contributed by atoms with van der Waals surface area (Å²) in [6.45, 7) is 3.08. The Labute approximate surface area is 291 Å². The quantitative estimate of drug-likeness (QED) is 0.110. The molecular formula is C39H40N2O7S. The van der Waals surface area contributed by atoms with E-state index in [0.29, 0.717) is 24.5 Å². The van der Waals surface area contributed by atoms with Gasteiger partial charge < -0.3 is 39.4 Å². The van der Waals surface area contributed by atoms with E-state index in [-0.39, 0.29) is 36.3 Å². The zero-order chi connectivity index (χ0) is 34.0. The van der Waals surface area contributed by atoms with Crippen molar-refractivity contribution in [3.63, 3.8) is 0 Å². The van der Waals surface area contributed by atoms with Crippen molar-refractivity contribution in [2.45, 2.75) is 57.2 Å². The molecule has 1 saturated heterocycles. The molecular weight excluding hydrogens is 641 g/mol. The van der Waals surface area contributed by atoms with Crippen LogP contribution in [-0.4, -0.2) is 53.8 Å². The fourth-order valence-corrected chi connectivity index (χ4v) is 6.31. The molecule has 9 nitrogen and oxygen atoms in total. The zero-order valence-corrected chi connectivity index (χ0v) is 28.0. The van der Waals surface area contributed by atoms with E-state index < -0.39 is 36.4 Å². The molecule has 3 N–H and O–H groups in total. The van der Waals surface area contributed by atoms with Gasteiger partial charge in [0.2, 0.25) is 0 Å². The lowest BCUT2D eigenvalue weighted by Crippen LogP contribution is -2.51. The molecule has 0 bridgehead atoms. The molecule has 10 heteroatoms. The Morgan fingerprint density at radius 2 is 1.39 bits per heavy atom. The molecule has 0 unspecified atom stereocenters. The molecule has 4 aromatic rings. The lowest BCUT2D eigenvalue weighted by atomic mass is 9.91. The van der Waals surface area contributed by atoms with Gasteiger partial charge in [-0.25, -0.2) is 4.79 Å². The Kier molecular flexibility index (Phi) is 11.7. The number of hydrogen-bond donors (Lipinski definition) is 3. The molecule has 0 saturated carbocycles. The number of rotatable bonds is 14. The van der Waals surface area contributed by atoms with Gasteiger partial charge in [0.15, 0.2) is 5.11 Å². The summed E-state index contributed by atoms with van der Waals surface area (Å²) < 4.78 is 32.0. The topological polar surface area (TPSA) is 108 Å². The van der Waals surface area contributed by atoms with Crippen molar-refractivity contribution in [1.29, 1.82) is 0 Å². The maximum absolute atomic E-state index is 13.8. The number of carbonyl (C=O) groups excluding carboxylic acids is 1.